The third kappa shape index (κ3) is 6.83. The molecule has 202 valence electrons. The van der Waals surface area contributed by atoms with Gasteiger partial charge in [-0.25, -0.2) is 8.42 Å². The molecule has 0 radical (unpaired) electrons. The van der Waals surface area contributed by atoms with E-state index in [-0.39, 0.29) is 17.3 Å². The third-order valence-electron chi connectivity index (χ3n) is 6.00. The number of benzene rings is 3. The number of ether oxygens (including phenoxy) is 2. The number of amides is 2. The summed E-state index contributed by atoms with van der Waals surface area (Å²) < 4.78 is 38.9. The summed E-state index contributed by atoms with van der Waals surface area (Å²) in [4.78, 5) is 27.9. The summed E-state index contributed by atoms with van der Waals surface area (Å²) in [5.74, 6) is 0.302. The first-order chi connectivity index (χ1) is 18.2. The fourth-order valence-electron chi connectivity index (χ4n) is 3.83. The zero-order chi connectivity index (χ0) is 27.7. The Morgan fingerprint density at radius 1 is 0.868 bits per heavy atom. The summed E-state index contributed by atoms with van der Waals surface area (Å²) in [5, 5.41) is 2.74. The van der Waals surface area contributed by atoms with Crippen molar-refractivity contribution in [2.24, 2.45) is 0 Å². The lowest BCUT2D eigenvalue weighted by molar-refractivity contribution is -0.139. The smallest absolute Gasteiger partial charge is 0.264 e. The molecule has 1 atom stereocenters. The van der Waals surface area contributed by atoms with Crippen molar-refractivity contribution in [2.75, 3.05) is 31.6 Å². The largest absolute Gasteiger partial charge is 0.497 e. The third-order valence-corrected chi connectivity index (χ3v) is 7.79. The Bertz CT molecular complexity index is 1310. The molecule has 9 nitrogen and oxygen atoms in total. The highest BCUT2D eigenvalue weighted by atomic mass is 32.2. The van der Waals surface area contributed by atoms with Crippen LogP contribution >= 0.6 is 0 Å². The topological polar surface area (TPSA) is 105 Å². The zero-order valence-electron chi connectivity index (χ0n) is 22.0. The van der Waals surface area contributed by atoms with Crippen LogP contribution in [0.1, 0.15) is 19.4 Å². The lowest BCUT2D eigenvalue weighted by atomic mass is 10.1. The van der Waals surface area contributed by atoms with Crippen LogP contribution in [0, 0.1) is 0 Å². The van der Waals surface area contributed by atoms with Gasteiger partial charge in [-0.05, 0) is 67.9 Å². The quantitative estimate of drug-likeness (QED) is 0.378. The van der Waals surface area contributed by atoms with Crippen molar-refractivity contribution >= 4 is 27.5 Å². The molecule has 3 aromatic rings. The van der Waals surface area contributed by atoms with Gasteiger partial charge in [0.25, 0.3) is 10.0 Å². The molecule has 0 bridgehead atoms. The van der Waals surface area contributed by atoms with Gasteiger partial charge in [-0.1, -0.05) is 30.3 Å². The van der Waals surface area contributed by atoms with Gasteiger partial charge in [0.15, 0.2) is 0 Å². The van der Waals surface area contributed by atoms with Gasteiger partial charge >= 0.3 is 0 Å². The number of hydrogen-bond acceptors (Lipinski definition) is 6. The van der Waals surface area contributed by atoms with Crippen LogP contribution in [0.25, 0.3) is 0 Å². The normalized spacial score (nSPS) is 11.8. The summed E-state index contributed by atoms with van der Waals surface area (Å²) in [6.07, 6.45) is 0. The average molecular weight is 540 g/mol. The van der Waals surface area contributed by atoms with E-state index < -0.39 is 28.5 Å². The van der Waals surface area contributed by atoms with Crippen LogP contribution < -0.4 is 19.1 Å². The van der Waals surface area contributed by atoms with Crippen molar-refractivity contribution < 1.29 is 27.5 Å². The van der Waals surface area contributed by atoms with Gasteiger partial charge in [-0.15, -0.1) is 0 Å². The van der Waals surface area contributed by atoms with Crippen molar-refractivity contribution in [3.63, 3.8) is 0 Å². The highest BCUT2D eigenvalue weighted by Crippen LogP contribution is 2.26. The first kappa shape index (κ1) is 28.5. The van der Waals surface area contributed by atoms with Crippen molar-refractivity contribution in [1.29, 1.82) is 0 Å². The molecule has 0 aliphatic heterocycles. The predicted molar refractivity (Wildman–Crippen MR) is 146 cm³/mol. The van der Waals surface area contributed by atoms with E-state index in [1.807, 2.05) is 0 Å². The van der Waals surface area contributed by atoms with Crippen LogP contribution in [0.4, 0.5) is 5.69 Å². The number of methoxy groups -OCH3 is 2. The SMILES string of the molecule is CCNC(=O)[C@@H](C)N(Cc1ccc(OC)cc1)C(=O)CN(c1ccccc1)S(=O)(=O)c1ccc(OC)cc1. The maximum absolute atomic E-state index is 13.8. The summed E-state index contributed by atoms with van der Waals surface area (Å²) in [6, 6.07) is 20.6. The highest BCUT2D eigenvalue weighted by Gasteiger charge is 2.32. The number of para-hydroxylation sites is 1. The molecular formula is C28H33N3O6S. The Labute approximate surface area is 224 Å². The fourth-order valence-corrected chi connectivity index (χ4v) is 5.24. The van der Waals surface area contributed by atoms with Crippen LogP contribution in [-0.4, -0.2) is 58.5 Å². The second-order valence-corrected chi connectivity index (χ2v) is 10.3. The summed E-state index contributed by atoms with van der Waals surface area (Å²) in [6.45, 7) is 3.41. The number of nitrogens with one attached hydrogen (secondary N) is 1. The highest BCUT2D eigenvalue weighted by molar-refractivity contribution is 7.92. The molecule has 1 N–H and O–H groups in total. The van der Waals surface area contributed by atoms with Gasteiger partial charge in [0.05, 0.1) is 24.8 Å². The van der Waals surface area contributed by atoms with Gasteiger partial charge in [0.2, 0.25) is 11.8 Å². The maximum Gasteiger partial charge on any atom is 0.264 e. The van der Waals surface area contributed by atoms with E-state index in [9.17, 15) is 18.0 Å². The van der Waals surface area contributed by atoms with E-state index in [1.54, 1.807) is 87.7 Å². The lowest BCUT2D eigenvalue weighted by Crippen LogP contribution is -2.51. The van der Waals surface area contributed by atoms with Crippen molar-refractivity contribution in [1.82, 2.24) is 10.2 Å². The molecule has 0 unspecified atom stereocenters. The van der Waals surface area contributed by atoms with Crippen molar-refractivity contribution in [3.05, 3.63) is 84.4 Å². The minimum atomic E-state index is -4.13. The van der Waals surface area contributed by atoms with Crippen LogP contribution in [0.15, 0.2) is 83.8 Å². The van der Waals surface area contributed by atoms with Gasteiger partial charge < -0.3 is 19.7 Å². The Morgan fingerprint density at radius 3 is 1.95 bits per heavy atom. The van der Waals surface area contributed by atoms with Crippen LogP contribution in [0.5, 0.6) is 11.5 Å². The number of anilines is 1. The molecule has 3 aromatic carbocycles. The lowest BCUT2D eigenvalue weighted by Gasteiger charge is -2.32. The van der Waals surface area contributed by atoms with Crippen molar-refractivity contribution in [3.8, 4) is 11.5 Å². The molecule has 0 aliphatic carbocycles. The van der Waals surface area contributed by atoms with Gasteiger partial charge in [-0.3, -0.25) is 13.9 Å². The minimum absolute atomic E-state index is 0.00781. The second-order valence-electron chi connectivity index (χ2n) is 8.46. The summed E-state index contributed by atoms with van der Waals surface area (Å²) >= 11 is 0. The Balaban J connectivity index is 1.99. The second kappa shape index (κ2) is 13.0. The van der Waals surface area contributed by atoms with E-state index in [1.165, 1.54) is 24.1 Å². The Morgan fingerprint density at radius 2 is 1.42 bits per heavy atom. The van der Waals surface area contributed by atoms with Gasteiger partial charge in [0, 0.05) is 13.1 Å². The Hall–Kier alpha value is -4.05. The standard InChI is InChI=1S/C28H33N3O6S/c1-5-29-28(33)21(2)30(19-22-11-13-24(36-3)14-12-22)27(32)20-31(23-9-7-6-8-10-23)38(34,35)26-17-15-25(37-4)16-18-26/h6-18,21H,5,19-20H2,1-4H3,(H,29,33)/t21-/m1/s1. The molecule has 0 saturated carbocycles. The maximum atomic E-state index is 13.8. The minimum Gasteiger partial charge on any atom is -0.497 e. The molecule has 3 rings (SSSR count). The first-order valence-electron chi connectivity index (χ1n) is 12.1. The molecule has 0 fully saturated rings. The molecular weight excluding hydrogens is 506 g/mol. The molecule has 2 amide bonds. The molecule has 10 heteroatoms. The predicted octanol–water partition coefficient (Wildman–Crippen LogP) is 3.45. The van der Waals surface area contributed by atoms with E-state index in [2.05, 4.69) is 5.32 Å². The molecule has 0 aromatic heterocycles. The number of nitrogens with zero attached hydrogens (tertiary/aromatic N) is 2. The number of carbonyl (C=O) groups is 2. The van der Waals surface area contributed by atoms with Gasteiger partial charge in [0.1, 0.15) is 24.1 Å². The molecule has 0 heterocycles. The number of likely N-dealkylation sites (N-methyl/N-ethyl adjacent to an activating group) is 1. The monoisotopic (exact) mass is 539 g/mol. The van der Waals surface area contributed by atoms with Crippen molar-refractivity contribution in [2.45, 2.75) is 31.3 Å². The van der Waals surface area contributed by atoms with Crippen LogP contribution in [0.3, 0.4) is 0 Å². The number of carbonyl (C=O) groups excluding carboxylic acids is 2. The van der Waals surface area contributed by atoms with Gasteiger partial charge in [-0.2, -0.15) is 0 Å². The van der Waals surface area contributed by atoms with E-state index in [4.69, 9.17) is 9.47 Å². The summed E-state index contributed by atoms with van der Waals surface area (Å²) in [5.41, 5.74) is 1.09. The van der Waals surface area contributed by atoms with Crippen LogP contribution in [-0.2, 0) is 26.2 Å². The fraction of sp³-hybridized carbons (Fsp3) is 0.286. The number of hydrogen-bond donors (Lipinski definition) is 1. The summed E-state index contributed by atoms with van der Waals surface area (Å²) in [7, 11) is -1.08. The number of rotatable bonds is 12. The molecule has 0 spiro atoms. The van der Waals surface area contributed by atoms with E-state index in [0.29, 0.717) is 23.7 Å². The Kier molecular flexibility index (Phi) is 9.72. The molecule has 0 aliphatic rings. The number of sulfonamides is 1. The molecule has 0 saturated heterocycles. The first-order valence-corrected chi connectivity index (χ1v) is 13.6. The van der Waals surface area contributed by atoms with Crippen LogP contribution in [0.2, 0.25) is 0 Å². The van der Waals surface area contributed by atoms with E-state index in [0.717, 1.165) is 9.87 Å². The average Bonchev–Trinajstić information content (AvgIpc) is 2.95. The molecule has 38 heavy (non-hydrogen) atoms. The van der Waals surface area contributed by atoms with E-state index >= 15 is 0 Å². The zero-order valence-corrected chi connectivity index (χ0v) is 22.8.